The number of hydrogen-bond acceptors (Lipinski definition) is 4. The molecule has 2 unspecified atom stereocenters. The van der Waals surface area contributed by atoms with E-state index in [0.29, 0.717) is 13.0 Å². The van der Waals surface area contributed by atoms with E-state index in [1.807, 2.05) is 72.8 Å². The number of nitrogens with zero attached hydrogens (tertiary/aromatic N) is 1. The molecule has 1 saturated heterocycles. The van der Waals surface area contributed by atoms with Crippen LogP contribution >= 0.6 is 0 Å². The van der Waals surface area contributed by atoms with Crippen LogP contribution in [0.2, 0.25) is 0 Å². The molecule has 2 heterocycles. The minimum Gasteiger partial charge on any atom is -0.457 e. The van der Waals surface area contributed by atoms with Gasteiger partial charge in [0.05, 0.1) is 12.0 Å². The number of amides is 2. The number of nitrogens with one attached hydrogen (secondary N) is 1. The summed E-state index contributed by atoms with van der Waals surface area (Å²) in [7, 11) is 1.76. The van der Waals surface area contributed by atoms with Crippen molar-refractivity contribution in [3.63, 3.8) is 0 Å². The number of fused-ring (bicyclic) bond motifs is 1. The van der Waals surface area contributed by atoms with Gasteiger partial charge in [0.1, 0.15) is 18.1 Å². The Morgan fingerprint density at radius 1 is 0.906 bits per heavy atom. The van der Waals surface area contributed by atoms with Crippen LogP contribution in [-0.4, -0.2) is 36.6 Å². The largest absolute Gasteiger partial charge is 0.457 e. The topological polar surface area (TPSA) is 67.9 Å². The van der Waals surface area contributed by atoms with Crippen LogP contribution in [0.15, 0.2) is 72.8 Å². The second kappa shape index (κ2) is 8.38. The Labute approximate surface area is 186 Å². The van der Waals surface area contributed by atoms with E-state index in [1.165, 1.54) is 0 Å². The molecule has 6 heteroatoms. The lowest BCUT2D eigenvalue weighted by Gasteiger charge is -2.16. The minimum atomic E-state index is -0.267. The third-order valence-electron chi connectivity index (χ3n) is 6.14. The number of hydrogen-bond donors (Lipinski definition) is 1. The van der Waals surface area contributed by atoms with Crippen molar-refractivity contribution in [1.29, 1.82) is 0 Å². The lowest BCUT2D eigenvalue weighted by molar-refractivity contribution is -0.117. The fraction of sp³-hybridized carbons (Fsp3) is 0.231. The van der Waals surface area contributed by atoms with Crippen LogP contribution in [0.5, 0.6) is 11.5 Å². The Balaban J connectivity index is 1.20. The average molecular weight is 428 g/mol. The first-order valence-corrected chi connectivity index (χ1v) is 10.7. The maximum Gasteiger partial charge on any atom is 0.409 e. The zero-order valence-corrected chi connectivity index (χ0v) is 17.8. The van der Waals surface area contributed by atoms with E-state index in [1.54, 1.807) is 11.9 Å². The lowest BCUT2D eigenvalue weighted by atomic mass is 9.93. The number of benzene rings is 3. The zero-order chi connectivity index (χ0) is 22.1. The van der Waals surface area contributed by atoms with Crippen molar-refractivity contribution in [3.05, 3.63) is 89.5 Å². The molecule has 0 radical (unpaired) electrons. The third kappa shape index (κ3) is 4.04. The van der Waals surface area contributed by atoms with Crippen molar-refractivity contribution < 1.29 is 19.1 Å². The summed E-state index contributed by atoms with van der Waals surface area (Å²) in [5.74, 6) is 1.38. The molecule has 0 saturated carbocycles. The van der Waals surface area contributed by atoms with Gasteiger partial charge in [0.2, 0.25) is 5.91 Å². The van der Waals surface area contributed by atoms with Crippen molar-refractivity contribution in [3.8, 4) is 11.5 Å². The van der Waals surface area contributed by atoms with Gasteiger partial charge < -0.3 is 19.7 Å². The number of anilines is 1. The standard InChI is InChI=1S/C26H24N2O4/c1-28-19(16-31-26(28)30)14-17-6-10-20(11-7-17)32-21-12-8-18(9-13-21)15-23-22-4-2-3-5-24(22)27-25(23)29/h2-13,19,23H,14-16H2,1H3,(H,27,29). The van der Waals surface area contributed by atoms with Crippen LogP contribution in [0.1, 0.15) is 22.6 Å². The molecule has 0 aromatic heterocycles. The highest BCUT2D eigenvalue weighted by Gasteiger charge is 2.30. The van der Waals surface area contributed by atoms with Crippen LogP contribution in [0.4, 0.5) is 10.5 Å². The summed E-state index contributed by atoms with van der Waals surface area (Å²) in [4.78, 5) is 25.5. The van der Waals surface area contributed by atoms with E-state index in [0.717, 1.165) is 40.3 Å². The molecule has 0 aliphatic carbocycles. The minimum absolute atomic E-state index is 0.0475. The number of carbonyl (C=O) groups is 2. The van der Waals surface area contributed by atoms with Crippen molar-refractivity contribution in [1.82, 2.24) is 4.90 Å². The first kappa shape index (κ1) is 20.1. The molecular weight excluding hydrogens is 404 g/mol. The summed E-state index contributed by atoms with van der Waals surface area (Å²) in [6.07, 6.45) is 1.13. The van der Waals surface area contributed by atoms with Crippen LogP contribution in [0.3, 0.4) is 0 Å². The smallest absolute Gasteiger partial charge is 0.409 e. The molecular formula is C26H24N2O4. The van der Waals surface area contributed by atoms with Gasteiger partial charge in [-0.3, -0.25) is 4.79 Å². The summed E-state index contributed by atoms with van der Waals surface area (Å²) in [6.45, 7) is 0.425. The number of rotatable bonds is 6. The van der Waals surface area contributed by atoms with Gasteiger partial charge in [-0.15, -0.1) is 0 Å². The summed E-state index contributed by atoms with van der Waals surface area (Å²) < 4.78 is 11.0. The Hall–Kier alpha value is -3.80. The average Bonchev–Trinajstić information content (AvgIpc) is 3.29. The summed E-state index contributed by atoms with van der Waals surface area (Å²) >= 11 is 0. The molecule has 1 fully saturated rings. The second-order valence-electron chi connectivity index (χ2n) is 8.27. The zero-order valence-electron chi connectivity index (χ0n) is 17.8. The highest BCUT2D eigenvalue weighted by atomic mass is 16.6. The van der Waals surface area contributed by atoms with Crippen LogP contribution in [-0.2, 0) is 22.4 Å². The summed E-state index contributed by atoms with van der Waals surface area (Å²) in [6, 6.07) is 23.7. The van der Waals surface area contributed by atoms with E-state index in [4.69, 9.17) is 9.47 Å². The molecule has 1 N–H and O–H groups in total. The van der Waals surface area contributed by atoms with Gasteiger partial charge in [0.15, 0.2) is 0 Å². The molecule has 0 bridgehead atoms. The first-order valence-electron chi connectivity index (χ1n) is 10.7. The van der Waals surface area contributed by atoms with Crippen LogP contribution < -0.4 is 10.1 Å². The van der Waals surface area contributed by atoms with Crippen LogP contribution in [0, 0.1) is 0 Å². The van der Waals surface area contributed by atoms with E-state index in [-0.39, 0.29) is 24.0 Å². The molecule has 3 aromatic carbocycles. The highest BCUT2D eigenvalue weighted by Crippen LogP contribution is 2.35. The second-order valence-corrected chi connectivity index (χ2v) is 8.27. The Morgan fingerprint density at radius 3 is 2.16 bits per heavy atom. The number of carbonyl (C=O) groups excluding carboxylic acids is 2. The van der Waals surface area contributed by atoms with Gasteiger partial charge in [0, 0.05) is 12.7 Å². The monoisotopic (exact) mass is 428 g/mol. The van der Waals surface area contributed by atoms with E-state index in [2.05, 4.69) is 5.32 Å². The maximum absolute atomic E-state index is 12.4. The predicted molar refractivity (Wildman–Crippen MR) is 121 cm³/mol. The predicted octanol–water partition coefficient (Wildman–Crippen LogP) is 4.75. The van der Waals surface area contributed by atoms with Gasteiger partial charge in [0.25, 0.3) is 0 Å². The van der Waals surface area contributed by atoms with Gasteiger partial charge >= 0.3 is 6.09 Å². The fourth-order valence-corrected chi connectivity index (χ4v) is 4.24. The van der Waals surface area contributed by atoms with Crippen molar-refractivity contribution in [2.75, 3.05) is 19.0 Å². The third-order valence-corrected chi connectivity index (χ3v) is 6.14. The molecule has 3 aromatic rings. The summed E-state index contributed by atoms with van der Waals surface area (Å²) in [5.41, 5.74) is 4.17. The number of ether oxygens (including phenoxy) is 2. The van der Waals surface area contributed by atoms with Gasteiger partial charge in [-0.1, -0.05) is 42.5 Å². The molecule has 2 amide bonds. The van der Waals surface area contributed by atoms with Gasteiger partial charge in [-0.2, -0.15) is 0 Å². The quantitative estimate of drug-likeness (QED) is 0.615. The molecule has 6 nitrogen and oxygen atoms in total. The number of para-hydroxylation sites is 1. The number of likely N-dealkylation sites (N-methyl/N-ethyl adjacent to an activating group) is 1. The Bertz CT molecular complexity index is 1140. The lowest BCUT2D eigenvalue weighted by Crippen LogP contribution is -2.30. The molecule has 0 spiro atoms. The van der Waals surface area contributed by atoms with Crippen molar-refractivity contribution >= 4 is 17.7 Å². The van der Waals surface area contributed by atoms with E-state index >= 15 is 0 Å². The van der Waals surface area contributed by atoms with E-state index < -0.39 is 0 Å². The Kier molecular flexibility index (Phi) is 5.27. The molecule has 2 aliphatic rings. The maximum atomic E-state index is 12.4. The Morgan fingerprint density at radius 2 is 1.53 bits per heavy atom. The molecule has 2 aliphatic heterocycles. The highest BCUT2D eigenvalue weighted by molar-refractivity contribution is 6.03. The molecule has 162 valence electrons. The number of cyclic esters (lactones) is 1. The SMILES string of the molecule is CN1C(=O)OCC1Cc1ccc(Oc2ccc(CC3C(=O)Nc4ccccc43)cc2)cc1. The van der Waals surface area contributed by atoms with Crippen LogP contribution in [0.25, 0.3) is 0 Å². The molecule has 2 atom stereocenters. The van der Waals surface area contributed by atoms with Gasteiger partial charge in [-0.05, 0) is 59.9 Å². The van der Waals surface area contributed by atoms with E-state index in [9.17, 15) is 9.59 Å². The normalized spacial score (nSPS) is 19.5. The van der Waals surface area contributed by atoms with Crippen molar-refractivity contribution in [2.45, 2.75) is 24.8 Å². The molecule has 5 rings (SSSR count). The van der Waals surface area contributed by atoms with Crippen molar-refractivity contribution in [2.24, 2.45) is 0 Å². The molecule has 32 heavy (non-hydrogen) atoms. The first-order chi connectivity index (χ1) is 15.6. The summed E-state index contributed by atoms with van der Waals surface area (Å²) in [5, 5.41) is 2.95. The van der Waals surface area contributed by atoms with Gasteiger partial charge in [-0.25, -0.2) is 4.79 Å². The fourth-order valence-electron chi connectivity index (χ4n) is 4.24.